The number of benzene rings is 1. The van der Waals surface area contributed by atoms with E-state index >= 15 is 0 Å². The predicted octanol–water partition coefficient (Wildman–Crippen LogP) is 4.85. The topological polar surface area (TPSA) is 18.5 Å². The smallest absolute Gasteiger partial charge is 0.186 e. The average Bonchev–Trinajstić information content (AvgIpc) is 2.86. The van der Waals surface area contributed by atoms with Gasteiger partial charge in [0.1, 0.15) is 0 Å². The summed E-state index contributed by atoms with van der Waals surface area (Å²) in [6.07, 6.45) is 7.79. The van der Waals surface area contributed by atoms with Crippen molar-refractivity contribution in [2.45, 2.75) is 70.4 Å². The number of hydrogen-bond acceptors (Lipinski definition) is 2. The van der Waals surface area contributed by atoms with Gasteiger partial charge in [-0.1, -0.05) is 63.4 Å². The molecule has 0 N–H and O–H groups in total. The van der Waals surface area contributed by atoms with Gasteiger partial charge in [-0.25, -0.2) is 0 Å². The molecule has 1 unspecified atom stereocenters. The minimum atomic E-state index is -0.388. The van der Waals surface area contributed by atoms with Gasteiger partial charge in [-0.05, 0) is 24.3 Å². The lowest BCUT2D eigenvalue weighted by atomic mass is 9.66. The quantitative estimate of drug-likeness (QED) is 0.791. The van der Waals surface area contributed by atoms with Gasteiger partial charge in [-0.3, -0.25) is 0 Å². The average molecular weight is 286 g/mol. The molecule has 4 fully saturated rings. The molecule has 1 aromatic carbocycles. The van der Waals surface area contributed by atoms with Gasteiger partial charge in [-0.2, -0.15) is 0 Å². The highest BCUT2D eigenvalue weighted by molar-refractivity contribution is 5.27. The molecule has 0 aromatic heterocycles. The van der Waals surface area contributed by atoms with Crippen LogP contribution >= 0.6 is 0 Å². The zero-order valence-electron chi connectivity index (χ0n) is 13.2. The van der Waals surface area contributed by atoms with Crippen molar-refractivity contribution in [3.05, 3.63) is 35.9 Å². The molecule has 21 heavy (non-hydrogen) atoms. The Morgan fingerprint density at radius 2 is 1.67 bits per heavy atom. The first-order valence-corrected chi connectivity index (χ1v) is 8.53. The molecule has 1 saturated carbocycles. The summed E-state index contributed by atoms with van der Waals surface area (Å²) in [6.45, 7) is 4.64. The van der Waals surface area contributed by atoms with Crippen LogP contribution < -0.4 is 0 Å². The lowest BCUT2D eigenvalue weighted by molar-refractivity contribution is -0.438. The van der Waals surface area contributed by atoms with Crippen LogP contribution in [0, 0.1) is 11.3 Å². The molecule has 0 radical (unpaired) electrons. The second-order valence-electron chi connectivity index (χ2n) is 7.71. The minimum absolute atomic E-state index is 0.0369. The molecule has 4 aliphatic rings. The van der Waals surface area contributed by atoms with E-state index in [1.807, 2.05) is 0 Å². The van der Waals surface area contributed by atoms with Gasteiger partial charge >= 0.3 is 0 Å². The van der Waals surface area contributed by atoms with E-state index in [-0.39, 0.29) is 17.5 Å². The van der Waals surface area contributed by atoms with Gasteiger partial charge in [0.05, 0.1) is 0 Å². The maximum Gasteiger partial charge on any atom is 0.186 e. The Morgan fingerprint density at radius 1 is 1.00 bits per heavy atom. The van der Waals surface area contributed by atoms with Gasteiger partial charge in [0.2, 0.25) is 0 Å². The summed E-state index contributed by atoms with van der Waals surface area (Å²) in [5, 5.41) is 0. The molecule has 0 spiro atoms. The van der Waals surface area contributed by atoms with Crippen LogP contribution in [0.5, 0.6) is 0 Å². The largest absolute Gasteiger partial charge is 0.320 e. The highest BCUT2D eigenvalue weighted by atomic mass is 16.9. The number of rotatable bonds is 3. The predicted molar refractivity (Wildman–Crippen MR) is 82.8 cm³/mol. The van der Waals surface area contributed by atoms with Crippen molar-refractivity contribution in [2.75, 3.05) is 0 Å². The fraction of sp³-hybridized carbons (Fsp3) is 0.684. The fourth-order valence-corrected chi connectivity index (χ4v) is 4.86. The maximum absolute atomic E-state index is 6.30. The van der Waals surface area contributed by atoms with Crippen molar-refractivity contribution in [3.8, 4) is 0 Å². The van der Waals surface area contributed by atoms with E-state index in [4.69, 9.17) is 9.47 Å². The van der Waals surface area contributed by atoms with E-state index < -0.39 is 0 Å². The first-order valence-electron chi connectivity index (χ1n) is 8.53. The van der Waals surface area contributed by atoms with Gasteiger partial charge in [0.25, 0.3) is 0 Å². The standard InChI is InChI=1S/C19H26O2/c1-18(2)13-16-20-19(18,21-16)17(14-9-5-3-6-10-14)15-11-7-4-8-12-15/h3,5-6,9-10,15-17H,4,7-8,11-13H2,1-2H3. The third-order valence-corrected chi connectivity index (χ3v) is 5.92. The number of ether oxygens (including phenoxy) is 2. The Labute approximate surface area is 127 Å². The summed E-state index contributed by atoms with van der Waals surface area (Å²) < 4.78 is 12.6. The van der Waals surface area contributed by atoms with E-state index in [1.165, 1.54) is 37.7 Å². The fourth-order valence-electron chi connectivity index (χ4n) is 4.86. The van der Waals surface area contributed by atoms with Crippen LogP contribution in [0.1, 0.15) is 63.9 Å². The monoisotopic (exact) mass is 286 g/mol. The molecule has 3 heterocycles. The van der Waals surface area contributed by atoms with Crippen molar-refractivity contribution in [1.82, 2.24) is 0 Å². The normalized spacial score (nSPS) is 36.2. The summed E-state index contributed by atoms with van der Waals surface area (Å²) in [5.41, 5.74) is 1.51. The lowest BCUT2D eigenvalue weighted by Crippen LogP contribution is -2.57. The summed E-state index contributed by atoms with van der Waals surface area (Å²) in [7, 11) is 0. The maximum atomic E-state index is 6.30. The Bertz CT molecular complexity index is 496. The van der Waals surface area contributed by atoms with Crippen LogP contribution in [-0.2, 0) is 9.47 Å². The van der Waals surface area contributed by atoms with Gasteiger partial charge in [0.15, 0.2) is 12.1 Å². The summed E-state index contributed by atoms with van der Waals surface area (Å²) in [6, 6.07) is 10.9. The molecular weight excluding hydrogens is 260 g/mol. The van der Waals surface area contributed by atoms with E-state index in [9.17, 15) is 0 Å². The molecule has 1 aromatic rings. The van der Waals surface area contributed by atoms with Crippen LogP contribution in [-0.4, -0.2) is 12.1 Å². The molecule has 5 rings (SSSR count). The van der Waals surface area contributed by atoms with Crippen molar-refractivity contribution in [2.24, 2.45) is 11.3 Å². The van der Waals surface area contributed by atoms with E-state index in [2.05, 4.69) is 44.2 Å². The molecular formula is C19H26O2. The first kappa shape index (κ1) is 13.8. The molecule has 0 amide bonds. The molecule has 3 aliphatic heterocycles. The van der Waals surface area contributed by atoms with Crippen LogP contribution in [0.15, 0.2) is 30.3 Å². The molecule has 1 atom stereocenters. The summed E-state index contributed by atoms with van der Waals surface area (Å²) in [4.78, 5) is 0. The van der Waals surface area contributed by atoms with Gasteiger partial charge in [-0.15, -0.1) is 0 Å². The third kappa shape index (κ3) is 1.99. The summed E-state index contributed by atoms with van der Waals surface area (Å²) >= 11 is 0. The third-order valence-electron chi connectivity index (χ3n) is 5.92. The van der Waals surface area contributed by atoms with E-state index in [0.29, 0.717) is 11.8 Å². The second-order valence-corrected chi connectivity index (χ2v) is 7.71. The zero-order chi connectivity index (χ0) is 14.5. The Morgan fingerprint density at radius 3 is 2.24 bits per heavy atom. The number of fused-ring (bicyclic) bond motifs is 1. The Kier molecular flexibility index (Phi) is 3.16. The van der Waals surface area contributed by atoms with Crippen molar-refractivity contribution < 1.29 is 9.47 Å². The molecule has 1 aliphatic carbocycles. The first-order chi connectivity index (χ1) is 10.1. The van der Waals surface area contributed by atoms with Gasteiger partial charge < -0.3 is 9.47 Å². The molecule has 3 saturated heterocycles. The minimum Gasteiger partial charge on any atom is -0.320 e. The highest BCUT2D eigenvalue weighted by Crippen LogP contribution is 2.64. The second kappa shape index (κ2) is 4.82. The Balaban J connectivity index is 1.74. The van der Waals surface area contributed by atoms with Crippen molar-refractivity contribution in [1.29, 1.82) is 0 Å². The van der Waals surface area contributed by atoms with E-state index in [1.54, 1.807) is 0 Å². The zero-order valence-corrected chi connectivity index (χ0v) is 13.2. The van der Waals surface area contributed by atoms with Crippen molar-refractivity contribution in [3.63, 3.8) is 0 Å². The van der Waals surface area contributed by atoms with E-state index in [0.717, 1.165) is 6.42 Å². The Hall–Kier alpha value is -0.860. The lowest BCUT2D eigenvalue weighted by Gasteiger charge is -2.52. The van der Waals surface area contributed by atoms with Crippen LogP contribution in [0.25, 0.3) is 0 Å². The number of hydrogen-bond donors (Lipinski definition) is 0. The van der Waals surface area contributed by atoms with Crippen LogP contribution in [0.3, 0.4) is 0 Å². The molecule has 2 nitrogen and oxygen atoms in total. The summed E-state index contributed by atoms with van der Waals surface area (Å²) in [5.74, 6) is 0.688. The van der Waals surface area contributed by atoms with Crippen molar-refractivity contribution >= 4 is 0 Å². The SMILES string of the molecule is CC1(C)CC2OC1(C(c1ccccc1)C1CCCCC1)O2. The molecule has 114 valence electrons. The van der Waals surface area contributed by atoms with Crippen LogP contribution in [0.4, 0.5) is 0 Å². The molecule has 2 heteroatoms. The van der Waals surface area contributed by atoms with Crippen LogP contribution in [0.2, 0.25) is 0 Å². The molecule has 2 bridgehead atoms. The highest BCUT2D eigenvalue weighted by Gasteiger charge is 2.70. The van der Waals surface area contributed by atoms with Gasteiger partial charge in [0, 0.05) is 17.8 Å².